The number of nitrogens with one attached hydrogen (secondary N) is 1. The molecule has 0 atom stereocenters. The van der Waals surface area contributed by atoms with Crippen LogP contribution < -0.4 is 5.32 Å². The largest absolute Gasteiger partial charge is 0.398 e. The van der Waals surface area contributed by atoms with Gasteiger partial charge >= 0.3 is 6.18 Å². The Hall–Kier alpha value is -2.48. The van der Waals surface area contributed by atoms with E-state index in [9.17, 15) is 22.8 Å². The Labute approximate surface area is 165 Å². The number of nitrogens with zero attached hydrogens (tertiary/aromatic N) is 1. The van der Waals surface area contributed by atoms with Gasteiger partial charge in [-0.1, -0.05) is 24.3 Å². The topological polar surface area (TPSA) is 49.4 Å². The Morgan fingerprint density at radius 3 is 2.64 bits per heavy atom. The smallest absolute Gasteiger partial charge is 0.338 e. The van der Waals surface area contributed by atoms with Crippen LogP contribution in [0.1, 0.15) is 28.8 Å². The number of likely N-dealkylation sites (tertiary alicyclic amines) is 1. The van der Waals surface area contributed by atoms with Crippen LogP contribution in [0.25, 0.3) is 0 Å². The minimum atomic E-state index is -4.29. The normalized spacial score (nSPS) is 14.4. The molecule has 4 nitrogen and oxygen atoms in total. The highest BCUT2D eigenvalue weighted by Crippen LogP contribution is 2.32. The molecule has 0 unspecified atom stereocenters. The summed E-state index contributed by atoms with van der Waals surface area (Å²) in [6, 6.07) is 13.3. The summed E-state index contributed by atoms with van der Waals surface area (Å²) in [4.78, 5) is 26.5. The number of carbonyl (C=O) groups is 2. The van der Waals surface area contributed by atoms with Gasteiger partial charge in [0.05, 0.1) is 11.4 Å². The van der Waals surface area contributed by atoms with E-state index < -0.39 is 17.8 Å². The average molecular weight is 408 g/mol. The average Bonchev–Trinajstić information content (AvgIpc) is 3.05. The molecule has 0 aromatic heterocycles. The number of carbonyl (C=O) groups excluding carboxylic acids is 2. The molecule has 3 rings (SSSR count). The number of rotatable bonds is 6. The first-order valence-corrected chi connectivity index (χ1v) is 9.77. The third-order valence-electron chi connectivity index (χ3n) is 4.26. The summed E-state index contributed by atoms with van der Waals surface area (Å²) in [7, 11) is 0. The molecule has 28 heavy (non-hydrogen) atoms. The Kier molecular flexibility index (Phi) is 6.28. The molecule has 1 aliphatic heterocycles. The van der Waals surface area contributed by atoms with Gasteiger partial charge in [0.25, 0.3) is 5.91 Å². The Balaban J connectivity index is 1.70. The Bertz CT molecular complexity index is 871. The van der Waals surface area contributed by atoms with Gasteiger partial charge in [-0.2, -0.15) is 13.2 Å². The van der Waals surface area contributed by atoms with Gasteiger partial charge in [-0.05, 0) is 36.2 Å². The fraction of sp³-hybridized carbons (Fsp3) is 0.300. The maximum atomic E-state index is 12.6. The third kappa shape index (κ3) is 5.51. The number of thioether (sulfide) groups is 1. The van der Waals surface area contributed by atoms with Crippen molar-refractivity contribution in [1.82, 2.24) is 4.90 Å². The molecule has 1 aliphatic rings. The van der Waals surface area contributed by atoms with Crippen molar-refractivity contribution in [3.05, 3.63) is 59.7 Å². The van der Waals surface area contributed by atoms with E-state index in [1.807, 2.05) is 6.07 Å². The lowest BCUT2D eigenvalue weighted by atomic mass is 10.1. The zero-order valence-corrected chi connectivity index (χ0v) is 15.8. The van der Waals surface area contributed by atoms with Crippen molar-refractivity contribution in [3.63, 3.8) is 0 Å². The van der Waals surface area contributed by atoms with Crippen molar-refractivity contribution in [2.75, 3.05) is 17.6 Å². The van der Waals surface area contributed by atoms with E-state index in [-0.39, 0.29) is 5.91 Å². The number of anilines is 1. The first-order valence-electron chi connectivity index (χ1n) is 8.78. The van der Waals surface area contributed by atoms with Crippen molar-refractivity contribution >= 4 is 29.3 Å². The van der Waals surface area contributed by atoms with Crippen LogP contribution in [0.3, 0.4) is 0 Å². The molecule has 0 bridgehead atoms. The van der Waals surface area contributed by atoms with E-state index in [0.717, 1.165) is 12.0 Å². The van der Waals surface area contributed by atoms with Crippen molar-refractivity contribution in [2.45, 2.75) is 30.5 Å². The molecule has 1 N–H and O–H groups in total. The maximum absolute atomic E-state index is 12.6. The molecule has 0 spiro atoms. The van der Waals surface area contributed by atoms with Gasteiger partial charge in [-0.25, -0.2) is 0 Å². The number of alkyl halides is 3. The van der Waals surface area contributed by atoms with Gasteiger partial charge in [0.1, 0.15) is 0 Å². The lowest BCUT2D eigenvalue weighted by molar-refractivity contribution is -0.128. The summed E-state index contributed by atoms with van der Waals surface area (Å²) in [6.45, 7) is 1.15. The summed E-state index contributed by atoms with van der Waals surface area (Å²) in [5, 5.41) is 2.69. The van der Waals surface area contributed by atoms with Crippen LogP contribution in [0.4, 0.5) is 18.9 Å². The van der Waals surface area contributed by atoms with Crippen LogP contribution >= 0.6 is 11.8 Å². The number of hydrogen-bond acceptors (Lipinski definition) is 3. The van der Waals surface area contributed by atoms with Crippen molar-refractivity contribution in [3.8, 4) is 0 Å². The molecule has 148 valence electrons. The molecular formula is C20H19F3N2O2S. The van der Waals surface area contributed by atoms with E-state index in [0.29, 0.717) is 47.4 Å². The monoisotopic (exact) mass is 408 g/mol. The zero-order chi connectivity index (χ0) is 20.1. The van der Waals surface area contributed by atoms with Crippen LogP contribution in [0.5, 0.6) is 0 Å². The van der Waals surface area contributed by atoms with Crippen LogP contribution in [0.15, 0.2) is 53.4 Å². The molecule has 1 heterocycles. The lowest BCUT2D eigenvalue weighted by Crippen LogP contribution is -2.24. The first kappa shape index (κ1) is 20.3. The predicted molar refractivity (Wildman–Crippen MR) is 102 cm³/mol. The molecule has 8 heteroatoms. The van der Waals surface area contributed by atoms with E-state index in [2.05, 4.69) is 5.32 Å². The summed E-state index contributed by atoms with van der Waals surface area (Å²) >= 11 is 0.632. The Morgan fingerprint density at radius 2 is 1.93 bits per heavy atom. The quantitative estimate of drug-likeness (QED) is 0.704. The van der Waals surface area contributed by atoms with Gasteiger partial charge in [0.2, 0.25) is 5.91 Å². The highest BCUT2D eigenvalue weighted by molar-refractivity contribution is 7.99. The summed E-state index contributed by atoms with van der Waals surface area (Å²) < 4.78 is 37.5. The number of hydrogen-bond donors (Lipinski definition) is 1. The molecule has 2 aromatic carbocycles. The van der Waals surface area contributed by atoms with Crippen molar-refractivity contribution in [2.24, 2.45) is 0 Å². The van der Waals surface area contributed by atoms with Gasteiger partial charge in [-0.15, -0.1) is 11.8 Å². The second-order valence-corrected chi connectivity index (χ2v) is 7.49. The van der Waals surface area contributed by atoms with E-state index in [1.54, 1.807) is 47.4 Å². The van der Waals surface area contributed by atoms with Crippen molar-refractivity contribution in [1.29, 1.82) is 0 Å². The summed E-state index contributed by atoms with van der Waals surface area (Å²) in [6.07, 6.45) is -2.90. The third-order valence-corrected chi connectivity index (χ3v) is 5.40. The first-order chi connectivity index (χ1) is 13.3. The molecule has 0 radical (unpaired) electrons. The van der Waals surface area contributed by atoms with Crippen molar-refractivity contribution < 1.29 is 22.8 Å². The molecule has 0 saturated carbocycles. The van der Waals surface area contributed by atoms with Gasteiger partial charge in [0.15, 0.2) is 0 Å². The van der Waals surface area contributed by atoms with Gasteiger partial charge < -0.3 is 10.2 Å². The molecule has 0 aliphatic carbocycles. The van der Waals surface area contributed by atoms with Gasteiger partial charge in [-0.3, -0.25) is 9.59 Å². The molecule has 1 fully saturated rings. The maximum Gasteiger partial charge on any atom is 0.398 e. The zero-order valence-electron chi connectivity index (χ0n) is 15.0. The van der Waals surface area contributed by atoms with Crippen LogP contribution in [0.2, 0.25) is 0 Å². The SMILES string of the molecule is O=C(Nc1ccccc1SCC(F)(F)F)c1cccc(CN2CCCC2=O)c1. The second-order valence-electron chi connectivity index (χ2n) is 6.47. The van der Waals surface area contributed by atoms with E-state index in [4.69, 9.17) is 0 Å². The highest BCUT2D eigenvalue weighted by atomic mass is 32.2. The fourth-order valence-electron chi connectivity index (χ4n) is 2.95. The van der Waals surface area contributed by atoms with E-state index >= 15 is 0 Å². The molecule has 2 aromatic rings. The Morgan fingerprint density at radius 1 is 1.14 bits per heavy atom. The van der Waals surface area contributed by atoms with E-state index in [1.165, 1.54) is 0 Å². The molecule has 1 saturated heterocycles. The number of para-hydroxylation sites is 1. The summed E-state index contributed by atoms with van der Waals surface area (Å²) in [5.74, 6) is -1.33. The standard InChI is InChI=1S/C20H19F3N2O2S/c21-20(22,23)13-28-17-8-2-1-7-16(17)24-19(27)15-6-3-5-14(11-15)12-25-10-4-9-18(25)26/h1-3,5-8,11H,4,9-10,12-13H2,(H,24,27). The molecule has 2 amide bonds. The number of amides is 2. The van der Waals surface area contributed by atoms with Gasteiger partial charge in [0, 0.05) is 30.0 Å². The minimum Gasteiger partial charge on any atom is -0.338 e. The molecular weight excluding hydrogens is 389 g/mol. The predicted octanol–water partition coefficient (Wildman–Crippen LogP) is 4.72. The summed E-state index contributed by atoms with van der Waals surface area (Å²) in [5.41, 5.74) is 1.56. The highest BCUT2D eigenvalue weighted by Gasteiger charge is 2.28. The minimum absolute atomic E-state index is 0.102. The van der Waals surface area contributed by atoms with Crippen LogP contribution in [-0.2, 0) is 11.3 Å². The van der Waals surface area contributed by atoms with Crippen LogP contribution in [-0.4, -0.2) is 35.2 Å². The lowest BCUT2D eigenvalue weighted by Gasteiger charge is -2.16. The number of benzene rings is 2. The fourth-order valence-corrected chi connectivity index (χ4v) is 3.72. The second kappa shape index (κ2) is 8.68. The van der Waals surface area contributed by atoms with Crippen LogP contribution in [0, 0.1) is 0 Å². The number of halogens is 3.